The molecule has 0 aliphatic heterocycles. The Hall–Kier alpha value is 0.00987. The van der Waals surface area contributed by atoms with Gasteiger partial charge in [-0.25, -0.2) is 0 Å². The van der Waals surface area contributed by atoms with Gasteiger partial charge in [0.15, 0.2) is 0 Å². The minimum atomic E-state index is -1.21. The van der Waals surface area contributed by atoms with E-state index in [4.69, 9.17) is 17.4 Å². The summed E-state index contributed by atoms with van der Waals surface area (Å²) in [6.45, 7) is 0.324. The number of rotatable bonds is 6. The molecule has 0 aliphatic rings. The van der Waals surface area contributed by atoms with Crippen molar-refractivity contribution in [3.63, 3.8) is 0 Å². The van der Waals surface area contributed by atoms with Crippen LogP contribution in [0.3, 0.4) is 0 Å². The molecule has 0 spiro atoms. The standard InChI is InChI=1S/C5H8B2BrFNO/c6-7-11-3-4(8)1-5(9)2-10/h2,4-5,10H,1,3H2/t4-,5+/m1/s1. The van der Waals surface area contributed by atoms with Crippen molar-refractivity contribution < 1.29 is 9.04 Å². The van der Waals surface area contributed by atoms with Crippen LogP contribution in [0.4, 0.5) is 4.39 Å². The zero-order valence-corrected chi connectivity index (χ0v) is 7.55. The maximum absolute atomic E-state index is 12.4. The van der Waals surface area contributed by atoms with E-state index in [1.54, 1.807) is 0 Å². The number of alkyl halides is 2. The van der Waals surface area contributed by atoms with Gasteiger partial charge in [0, 0.05) is 0 Å². The van der Waals surface area contributed by atoms with Crippen LogP contribution in [0.15, 0.2) is 0 Å². The Morgan fingerprint density at radius 1 is 1.82 bits per heavy atom. The predicted molar refractivity (Wildman–Crippen MR) is 48.5 cm³/mol. The molecule has 2 nitrogen and oxygen atoms in total. The third-order valence-electron chi connectivity index (χ3n) is 1.04. The fourth-order valence-corrected chi connectivity index (χ4v) is 1.05. The predicted octanol–water partition coefficient (Wildman–Crippen LogP) is 0.847. The van der Waals surface area contributed by atoms with E-state index >= 15 is 0 Å². The van der Waals surface area contributed by atoms with Crippen LogP contribution in [0.25, 0.3) is 0 Å². The Bertz CT molecular complexity index is 138. The molecule has 2 atom stereocenters. The number of hydrogen-bond donors (Lipinski definition) is 1. The summed E-state index contributed by atoms with van der Waals surface area (Å²) < 4.78 is 17.1. The quantitative estimate of drug-likeness (QED) is 0.400. The van der Waals surface area contributed by atoms with Crippen molar-refractivity contribution in [2.45, 2.75) is 17.4 Å². The van der Waals surface area contributed by atoms with Crippen LogP contribution in [0.2, 0.25) is 0 Å². The van der Waals surface area contributed by atoms with Crippen molar-refractivity contribution in [1.29, 1.82) is 5.41 Å². The SMILES string of the molecule is [B]=BOC[C@H](Br)C[C@H](F)C=N. The average Bonchev–Trinajstić information content (AvgIpc) is 2.00. The second kappa shape index (κ2) is 6.70. The van der Waals surface area contributed by atoms with Gasteiger partial charge in [-0.1, -0.05) is 0 Å². The van der Waals surface area contributed by atoms with Gasteiger partial charge in [0.05, 0.1) is 0 Å². The van der Waals surface area contributed by atoms with E-state index in [0.717, 1.165) is 13.2 Å². The van der Waals surface area contributed by atoms with Gasteiger partial charge in [0.25, 0.3) is 0 Å². The molecule has 6 heteroatoms. The van der Waals surface area contributed by atoms with Crippen LogP contribution in [0.5, 0.6) is 0 Å². The zero-order chi connectivity index (χ0) is 8.69. The monoisotopic (exact) mass is 218 g/mol. The summed E-state index contributed by atoms with van der Waals surface area (Å²) >= 11 is 3.18. The summed E-state index contributed by atoms with van der Waals surface area (Å²) in [5.41, 5.74) is 0. The molecule has 0 saturated carbocycles. The molecule has 0 saturated heterocycles. The zero-order valence-electron chi connectivity index (χ0n) is 5.97. The molecule has 0 heterocycles. The van der Waals surface area contributed by atoms with Crippen molar-refractivity contribution >= 4 is 36.5 Å². The van der Waals surface area contributed by atoms with E-state index in [9.17, 15) is 4.39 Å². The third kappa shape index (κ3) is 6.41. The van der Waals surface area contributed by atoms with Gasteiger partial charge < -0.3 is 0 Å². The summed E-state index contributed by atoms with van der Waals surface area (Å²) in [4.78, 5) is -0.0982. The molecule has 1 N–H and O–H groups in total. The second-order valence-corrected chi connectivity index (χ2v) is 3.28. The molecular weight excluding hydrogens is 211 g/mol. The van der Waals surface area contributed by atoms with E-state index in [1.165, 1.54) is 0 Å². The van der Waals surface area contributed by atoms with Crippen molar-refractivity contribution in [2.24, 2.45) is 0 Å². The maximum atomic E-state index is 12.4. The van der Waals surface area contributed by atoms with Gasteiger partial charge in [-0.05, 0) is 0 Å². The molecule has 0 amide bonds. The molecule has 11 heavy (non-hydrogen) atoms. The third-order valence-corrected chi connectivity index (χ3v) is 1.67. The fraction of sp³-hybridized carbons (Fsp3) is 0.800. The Balaban J connectivity index is 3.42. The molecule has 0 fully saturated rings. The molecule has 0 aromatic rings. The van der Waals surface area contributed by atoms with E-state index in [1.807, 2.05) is 0 Å². The normalized spacial score (nSPS) is 14.6. The molecule has 0 unspecified atom stereocenters. The first-order valence-electron chi connectivity index (χ1n) is 3.14. The number of hydrogen-bond acceptors (Lipinski definition) is 2. The van der Waals surface area contributed by atoms with Crippen LogP contribution in [0, 0.1) is 5.41 Å². The molecule has 0 bridgehead atoms. The van der Waals surface area contributed by atoms with E-state index in [-0.39, 0.29) is 11.2 Å². The first kappa shape index (κ1) is 11.0. The summed E-state index contributed by atoms with van der Waals surface area (Å²) in [7, 11) is 5.99. The topological polar surface area (TPSA) is 33.1 Å². The van der Waals surface area contributed by atoms with E-state index in [0.29, 0.717) is 6.61 Å². The van der Waals surface area contributed by atoms with Gasteiger partial charge in [-0.3, -0.25) is 0 Å². The van der Waals surface area contributed by atoms with Gasteiger partial charge in [-0.2, -0.15) is 0 Å². The average molecular weight is 219 g/mol. The minimum absolute atomic E-state index is 0.0982. The van der Waals surface area contributed by atoms with Crippen LogP contribution in [0.1, 0.15) is 6.42 Å². The Morgan fingerprint density at radius 3 is 2.91 bits per heavy atom. The van der Waals surface area contributed by atoms with Crippen LogP contribution < -0.4 is 0 Å². The number of nitrogens with one attached hydrogen (secondary N) is 1. The van der Waals surface area contributed by atoms with Crippen LogP contribution >= 0.6 is 15.9 Å². The molecule has 0 rings (SSSR count). The number of halogens is 2. The molecule has 0 aromatic carbocycles. The molecule has 59 valence electrons. The first-order chi connectivity index (χ1) is 5.20. The fourth-order valence-electron chi connectivity index (χ4n) is 0.540. The van der Waals surface area contributed by atoms with E-state index < -0.39 is 6.17 Å². The Morgan fingerprint density at radius 2 is 2.45 bits per heavy atom. The summed E-state index contributed by atoms with van der Waals surface area (Å²) in [6, 6.07) is 0. The summed E-state index contributed by atoms with van der Waals surface area (Å²) in [5.74, 6) is 0. The van der Waals surface area contributed by atoms with Gasteiger partial charge in [0.2, 0.25) is 0 Å². The first-order valence-corrected chi connectivity index (χ1v) is 4.06. The van der Waals surface area contributed by atoms with Gasteiger partial charge in [-0.15, -0.1) is 0 Å². The molecule has 1 radical (unpaired) electrons. The molecule has 0 aliphatic carbocycles. The van der Waals surface area contributed by atoms with Gasteiger partial charge in [0.1, 0.15) is 0 Å². The van der Waals surface area contributed by atoms with Crippen molar-refractivity contribution in [3.05, 3.63) is 0 Å². The van der Waals surface area contributed by atoms with Crippen molar-refractivity contribution in [1.82, 2.24) is 0 Å². The van der Waals surface area contributed by atoms with Crippen molar-refractivity contribution in [2.75, 3.05) is 6.61 Å². The van der Waals surface area contributed by atoms with Crippen LogP contribution in [-0.2, 0) is 4.65 Å². The van der Waals surface area contributed by atoms with Crippen LogP contribution in [-0.4, -0.2) is 38.2 Å². The Labute approximate surface area is 75.5 Å². The second-order valence-electron chi connectivity index (χ2n) is 1.99. The molecular formula is C5H8B2BrFNO. The summed E-state index contributed by atoms with van der Waals surface area (Å²) in [5, 5.41) is 6.58. The van der Waals surface area contributed by atoms with Crippen molar-refractivity contribution in [3.8, 4) is 0 Å². The van der Waals surface area contributed by atoms with Gasteiger partial charge >= 0.3 is 75.0 Å². The van der Waals surface area contributed by atoms with E-state index in [2.05, 4.69) is 15.9 Å². The Kier molecular flexibility index (Phi) is 6.71. The summed E-state index contributed by atoms with van der Waals surface area (Å²) in [6.07, 6.45) is -0.210. The molecule has 0 aromatic heterocycles.